The standard InChI is InChI=1S/C16H26O3/c1-2-9-14-12-13-15(19-14)10-7-5-3-4-6-8-11-16(17)18/h12-13H,2-11H2,1H3,(H,17,18). The van der Waals surface area contributed by atoms with E-state index in [0.29, 0.717) is 6.42 Å². The van der Waals surface area contributed by atoms with Gasteiger partial charge in [0, 0.05) is 19.3 Å². The monoisotopic (exact) mass is 266 g/mol. The van der Waals surface area contributed by atoms with Gasteiger partial charge in [-0.15, -0.1) is 0 Å². The van der Waals surface area contributed by atoms with Crippen LogP contribution in [-0.4, -0.2) is 11.1 Å². The van der Waals surface area contributed by atoms with Gasteiger partial charge >= 0.3 is 5.97 Å². The minimum Gasteiger partial charge on any atom is -0.481 e. The Labute approximate surface area is 116 Å². The second-order valence-corrected chi connectivity index (χ2v) is 5.13. The summed E-state index contributed by atoms with van der Waals surface area (Å²) in [6, 6.07) is 4.18. The SMILES string of the molecule is CCCc1ccc(CCCCCCCCC(=O)O)o1. The van der Waals surface area contributed by atoms with Gasteiger partial charge in [0.1, 0.15) is 11.5 Å². The van der Waals surface area contributed by atoms with Crippen molar-refractivity contribution in [3.05, 3.63) is 23.7 Å². The maximum absolute atomic E-state index is 10.3. The van der Waals surface area contributed by atoms with E-state index >= 15 is 0 Å². The van der Waals surface area contributed by atoms with E-state index in [-0.39, 0.29) is 0 Å². The van der Waals surface area contributed by atoms with Crippen LogP contribution in [0.4, 0.5) is 0 Å². The summed E-state index contributed by atoms with van der Waals surface area (Å²) < 4.78 is 5.73. The number of unbranched alkanes of at least 4 members (excludes halogenated alkanes) is 5. The number of rotatable bonds is 11. The highest BCUT2D eigenvalue weighted by molar-refractivity contribution is 5.66. The van der Waals surface area contributed by atoms with Crippen molar-refractivity contribution in [2.45, 2.75) is 71.1 Å². The van der Waals surface area contributed by atoms with Crippen LogP contribution in [0.1, 0.15) is 69.8 Å². The van der Waals surface area contributed by atoms with Crippen LogP contribution in [0.15, 0.2) is 16.5 Å². The van der Waals surface area contributed by atoms with E-state index in [2.05, 4.69) is 19.1 Å². The van der Waals surface area contributed by atoms with Crippen LogP contribution in [0.25, 0.3) is 0 Å². The summed E-state index contributed by atoms with van der Waals surface area (Å²) in [7, 11) is 0. The zero-order valence-corrected chi connectivity index (χ0v) is 12.0. The third-order valence-electron chi connectivity index (χ3n) is 3.28. The molecule has 0 aliphatic carbocycles. The molecule has 1 aromatic heterocycles. The third-order valence-corrected chi connectivity index (χ3v) is 3.28. The van der Waals surface area contributed by atoms with Crippen molar-refractivity contribution in [3.8, 4) is 0 Å². The fraction of sp³-hybridized carbons (Fsp3) is 0.688. The number of aryl methyl sites for hydroxylation is 2. The van der Waals surface area contributed by atoms with Crippen molar-refractivity contribution < 1.29 is 14.3 Å². The molecule has 0 unspecified atom stereocenters. The molecular weight excluding hydrogens is 240 g/mol. The van der Waals surface area contributed by atoms with Crippen molar-refractivity contribution in [3.63, 3.8) is 0 Å². The fourth-order valence-electron chi connectivity index (χ4n) is 2.22. The minimum atomic E-state index is -0.680. The van der Waals surface area contributed by atoms with Gasteiger partial charge in [0.15, 0.2) is 0 Å². The number of carbonyl (C=O) groups is 1. The Morgan fingerprint density at radius 2 is 1.58 bits per heavy atom. The first-order valence-electron chi connectivity index (χ1n) is 7.51. The smallest absolute Gasteiger partial charge is 0.303 e. The largest absolute Gasteiger partial charge is 0.481 e. The molecule has 3 nitrogen and oxygen atoms in total. The van der Waals surface area contributed by atoms with E-state index in [1.807, 2.05) is 0 Å². The molecule has 0 aliphatic rings. The quantitative estimate of drug-likeness (QED) is 0.596. The fourth-order valence-corrected chi connectivity index (χ4v) is 2.22. The van der Waals surface area contributed by atoms with Gasteiger partial charge in [-0.05, 0) is 31.4 Å². The summed E-state index contributed by atoms with van der Waals surface area (Å²) in [5.41, 5.74) is 0. The van der Waals surface area contributed by atoms with Gasteiger partial charge in [0.25, 0.3) is 0 Å². The molecule has 0 saturated heterocycles. The summed E-state index contributed by atoms with van der Waals surface area (Å²) in [4.78, 5) is 10.3. The van der Waals surface area contributed by atoms with Crippen molar-refractivity contribution in [2.24, 2.45) is 0 Å². The average molecular weight is 266 g/mol. The maximum atomic E-state index is 10.3. The van der Waals surface area contributed by atoms with Gasteiger partial charge in [0.2, 0.25) is 0 Å². The molecule has 0 aromatic carbocycles. The first kappa shape index (κ1) is 15.8. The molecule has 1 N–H and O–H groups in total. The number of hydrogen-bond donors (Lipinski definition) is 1. The van der Waals surface area contributed by atoms with E-state index in [1.165, 1.54) is 12.8 Å². The second kappa shape index (κ2) is 9.65. The first-order valence-corrected chi connectivity index (χ1v) is 7.51. The summed E-state index contributed by atoms with van der Waals surface area (Å²) in [5.74, 6) is 1.53. The van der Waals surface area contributed by atoms with Gasteiger partial charge in [-0.1, -0.05) is 32.6 Å². The van der Waals surface area contributed by atoms with Gasteiger partial charge in [-0.25, -0.2) is 0 Å². The Hall–Kier alpha value is -1.25. The van der Waals surface area contributed by atoms with Crippen LogP contribution in [-0.2, 0) is 17.6 Å². The number of carboxylic acid groups (broad SMARTS) is 1. The van der Waals surface area contributed by atoms with Gasteiger partial charge in [0.05, 0.1) is 0 Å². The first-order chi connectivity index (χ1) is 9.22. The highest BCUT2D eigenvalue weighted by Crippen LogP contribution is 2.14. The van der Waals surface area contributed by atoms with Crippen molar-refractivity contribution in [1.82, 2.24) is 0 Å². The van der Waals surface area contributed by atoms with E-state index < -0.39 is 5.97 Å². The molecule has 0 saturated carbocycles. The van der Waals surface area contributed by atoms with Crippen molar-refractivity contribution in [1.29, 1.82) is 0 Å². The summed E-state index contributed by atoms with van der Waals surface area (Å²) >= 11 is 0. The van der Waals surface area contributed by atoms with Crippen LogP contribution in [0.2, 0.25) is 0 Å². The molecule has 108 valence electrons. The van der Waals surface area contributed by atoms with Gasteiger partial charge in [-0.3, -0.25) is 4.79 Å². The molecular formula is C16H26O3. The summed E-state index contributed by atoms with van der Waals surface area (Å²) in [6.07, 6.45) is 10.1. The molecule has 1 aromatic rings. The van der Waals surface area contributed by atoms with Crippen LogP contribution in [0.3, 0.4) is 0 Å². The van der Waals surface area contributed by atoms with E-state index in [4.69, 9.17) is 9.52 Å². The third kappa shape index (κ3) is 7.70. The lowest BCUT2D eigenvalue weighted by molar-refractivity contribution is -0.137. The molecule has 1 heterocycles. The predicted molar refractivity (Wildman–Crippen MR) is 76.4 cm³/mol. The number of aliphatic carboxylic acids is 1. The summed E-state index contributed by atoms with van der Waals surface area (Å²) in [6.45, 7) is 2.16. The Kier molecular flexibility index (Phi) is 8.03. The lowest BCUT2D eigenvalue weighted by atomic mass is 10.1. The molecule has 0 bridgehead atoms. The Bertz CT molecular complexity index is 355. The average Bonchev–Trinajstić information content (AvgIpc) is 2.80. The lowest BCUT2D eigenvalue weighted by Gasteiger charge is -2.00. The van der Waals surface area contributed by atoms with E-state index in [1.54, 1.807) is 0 Å². The number of furan rings is 1. The van der Waals surface area contributed by atoms with E-state index in [9.17, 15) is 4.79 Å². The van der Waals surface area contributed by atoms with Crippen LogP contribution < -0.4 is 0 Å². The van der Waals surface area contributed by atoms with Crippen molar-refractivity contribution in [2.75, 3.05) is 0 Å². The maximum Gasteiger partial charge on any atom is 0.303 e. The Balaban J connectivity index is 1.96. The van der Waals surface area contributed by atoms with Crippen LogP contribution >= 0.6 is 0 Å². The molecule has 0 aliphatic heterocycles. The molecule has 19 heavy (non-hydrogen) atoms. The highest BCUT2D eigenvalue weighted by Gasteiger charge is 2.01. The normalized spacial score (nSPS) is 10.8. The topological polar surface area (TPSA) is 50.4 Å². The molecule has 0 radical (unpaired) electrons. The van der Waals surface area contributed by atoms with Gasteiger partial charge in [-0.2, -0.15) is 0 Å². The molecule has 1 rings (SSSR count). The Morgan fingerprint density at radius 3 is 2.21 bits per heavy atom. The summed E-state index contributed by atoms with van der Waals surface area (Å²) in [5, 5.41) is 8.51. The van der Waals surface area contributed by atoms with Crippen LogP contribution in [0.5, 0.6) is 0 Å². The molecule has 0 amide bonds. The zero-order valence-electron chi connectivity index (χ0n) is 12.0. The van der Waals surface area contributed by atoms with Gasteiger partial charge < -0.3 is 9.52 Å². The minimum absolute atomic E-state index is 0.312. The molecule has 3 heteroatoms. The highest BCUT2D eigenvalue weighted by atomic mass is 16.4. The predicted octanol–water partition coefficient (Wildman–Crippen LogP) is 4.59. The van der Waals surface area contributed by atoms with Crippen LogP contribution in [0, 0.1) is 0 Å². The van der Waals surface area contributed by atoms with Crippen molar-refractivity contribution >= 4 is 5.97 Å². The van der Waals surface area contributed by atoms with E-state index in [0.717, 1.165) is 56.5 Å². The zero-order chi connectivity index (χ0) is 13.9. The number of carboxylic acids is 1. The second-order valence-electron chi connectivity index (χ2n) is 5.13. The Morgan fingerprint density at radius 1 is 1.00 bits per heavy atom. The molecule has 0 spiro atoms. The number of hydrogen-bond acceptors (Lipinski definition) is 2. The molecule has 0 atom stereocenters. The lowest BCUT2D eigenvalue weighted by Crippen LogP contribution is -1.93. The molecule has 0 fully saturated rings.